The second-order valence-electron chi connectivity index (χ2n) is 3.29. The quantitative estimate of drug-likeness (QED) is 0.414. The molecule has 0 aliphatic heterocycles. The van der Waals surface area contributed by atoms with Crippen molar-refractivity contribution in [1.29, 1.82) is 0 Å². The van der Waals surface area contributed by atoms with Crippen molar-refractivity contribution < 1.29 is 38.7 Å². The molecule has 5 heteroatoms. The van der Waals surface area contributed by atoms with E-state index in [-0.39, 0.29) is 42.6 Å². The van der Waals surface area contributed by atoms with Gasteiger partial charge < -0.3 is 0 Å². The Bertz CT molecular complexity index is 196. The molecule has 4 nitrogen and oxygen atoms in total. The van der Waals surface area contributed by atoms with E-state index in [9.17, 15) is 0 Å². The first-order chi connectivity index (χ1) is 6.25. The van der Waals surface area contributed by atoms with Gasteiger partial charge in [0.2, 0.25) is 0 Å². The van der Waals surface area contributed by atoms with Crippen LogP contribution in [0.25, 0.3) is 0 Å². The van der Waals surface area contributed by atoms with E-state index in [1.165, 1.54) is 0 Å². The monoisotopic (exact) mass is 268 g/mol. The minimum absolute atomic E-state index is 0. The summed E-state index contributed by atoms with van der Waals surface area (Å²) in [7, 11) is 0. The van der Waals surface area contributed by atoms with Gasteiger partial charge in [0.05, 0.1) is 0 Å². The van der Waals surface area contributed by atoms with Crippen LogP contribution in [0.2, 0.25) is 0 Å². The molecule has 0 aromatic carbocycles. The van der Waals surface area contributed by atoms with Gasteiger partial charge in [-0.25, -0.2) is 0 Å². The Balaban J connectivity index is -0.000000180. The van der Waals surface area contributed by atoms with Crippen LogP contribution in [-0.4, -0.2) is 42.3 Å². The maximum Gasteiger partial charge on any atom is 0.302 e. The van der Waals surface area contributed by atoms with Crippen LogP contribution in [0.3, 0.4) is 0 Å². The second-order valence-corrected chi connectivity index (χ2v) is 3.29. The molecule has 0 radical (unpaired) electrons. The zero-order chi connectivity index (χ0) is 11.7. The van der Waals surface area contributed by atoms with Crippen LogP contribution in [0.1, 0.15) is 40.5 Å². The SMILES string of the molecule is CC(=[OH+])CC(C)=[OH+].CC(=[OH+])CC(C)=[OH+].[Zn]. The molecule has 0 aliphatic rings. The fourth-order valence-corrected chi connectivity index (χ4v) is 0.740. The number of hydrogen-bond acceptors (Lipinski definition) is 0. The van der Waals surface area contributed by atoms with Crippen LogP contribution in [-0.2, 0) is 19.5 Å². The summed E-state index contributed by atoms with van der Waals surface area (Å²) >= 11 is 0. The second kappa shape index (κ2) is 11.4. The van der Waals surface area contributed by atoms with Crippen LogP contribution in [0.4, 0.5) is 0 Å². The predicted molar refractivity (Wildman–Crippen MR) is 59.7 cm³/mol. The first kappa shape index (κ1) is 19.8. The molecule has 0 bridgehead atoms. The van der Waals surface area contributed by atoms with E-state index in [0.717, 1.165) is 0 Å². The molecule has 0 saturated heterocycles. The van der Waals surface area contributed by atoms with Gasteiger partial charge in [-0.3, -0.25) is 19.2 Å². The van der Waals surface area contributed by atoms with Gasteiger partial charge in [0.1, 0.15) is 0 Å². The zero-order valence-corrected chi connectivity index (χ0v) is 12.9. The Hall–Kier alpha value is -0.697. The Kier molecular flexibility index (Phi) is 15.0. The summed E-state index contributed by atoms with van der Waals surface area (Å²) in [6, 6.07) is 0. The summed E-state index contributed by atoms with van der Waals surface area (Å²) in [5, 5.41) is 0. The third-order valence-corrected chi connectivity index (χ3v) is 1.02. The molecule has 15 heavy (non-hydrogen) atoms. The average molecular weight is 270 g/mol. The van der Waals surface area contributed by atoms with E-state index in [1.54, 1.807) is 27.7 Å². The first-order valence-corrected chi connectivity index (χ1v) is 4.31. The van der Waals surface area contributed by atoms with Gasteiger partial charge in [0, 0.05) is 47.2 Å². The molecule has 0 spiro atoms. The summed E-state index contributed by atoms with van der Waals surface area (Å²) in [6.45, 7) is 6.22. The maximum absolute atomic E-state index is 8.46. The summed E-state index contributed by atoms with van der Waals surface area (Å²) in [6.07, 6.45) is 0.611. The van der Waals surface area contributed by atoms with Crippen molar-refractivity contribution in [1.82, 2.24) is 0 Å². The van der Waals surface area contributed by atoms with Gasteiger partial charge in [-0.2, -0.15) is 0 Å². The van der Waals surface area contributed by atoms with Crippen molar-refractivity contribution in [2.24, 2.45) is 0 Å². The number of ketones is 4. The summed E-state index contributed by atoms with van der Waals surface area (Å²) in [5.74, 6) is 1.00. The molecule has 0 atom stereocenters. The minimum Gasteiger partial charge on any atom is -0.283 e. The van der Waals surface area contributed by atoms with Crippen molar-refractivity contribution in [2.45, 2.75) is 40.5 Å². The van der Waals surface area contributed by atoms with Crippen LogP contribution in [0, 0.1) is 0 Å². The van der Waals surface area contributed by atoms with Gasteiger partial charge in [0.25, 0.3) is 0 Å². The Labute approximate surface area is 103 Å². The number of hydrogen-bond donors (Lipinski definition) is 0. The molecule has 0 fully saturated rings. The number of rotatable bonds is 4. The van der Waals surface area contributed by atoms with E-state index < -0.39 is 0 Å². The first-order valence-electron chi connectivity index (χ1n) is 4.31. The number of carbonyl (C=O) groups excluding carboxylic acids is 4. The van der Waals surface area contributed by atoms with E-state index in [0.29, 0.717) is 12.8 Å². The summed E-state index contributed by atoms with van der Waals surface area (Å²) in [5.41, 5.74) is 0. The summed E-state index contributed by atoms with van der Waals surface area (Å²) < 4.78 is 0. The van der Waals surface area contributed by atoms with Crippen molar-refractivity contribution in [3.63, 3.8) is 0 Å². The van der Waals surface area contributed by atoms with Crippen LogP contribution in [0.5, 0.6) is 0 Å². The molecule has 0 unspecified atom stereocenters. The third kappa shape index (κ3) is 31.9. The van der Waals surface area contributed by atoms with Crippen molar-refractivity contribution >= 4 is 23.1 Å². The molecule has 0 rings (SSSR count). The van der Waals surface area contributed by atoms with E-state index in [1.807, 2.05) is 0 Å². The van der Waals surface area contributed by atoms with Crippen molar-refractivity contribution in [2.75, 3.05) is 0 Å². The van der Waals surface area contributed by atoms with Gasteiger partial charge in [-0.1, -0.05) is 0 Å². The predicted octanol–water partition coefficient (Wildman–Crippen LogP) is 1.01. The van der Waals surface area contributed by atoms with Gasteiger partial charge in [-0.15, -0.1) is 0 Å². The Morgan fingerprint density at radius 2 is 0.733 bits per heavy atom. The summed E-state index contributed by atoms with van der Waals surface area (Å²) in [4.78, 5) is 33.8. The Morgan fingerprint density at radius 1 is 0.600 bits per heavy atom. The van der Waals surface area contributed by atoms with Crippen LogP contribution in [0.15, 0.2) is 0 Å². The largest absolute Gasteiger partial charge is 0.302 e. The molecular weight excluding hydrogens is 249 g/mol. The Morgan fingerprint density at radius 3 is 0.733 bits per heavy atom. The minimum atomic E-state index is 0. The molecule has 4 N–H and O–H groups in total. The smallest absolute Gasteiger partial charge is 0.283 e. The van der Waals surface area contributed by atoms with Gasteiger partial charge >= 0.3 is 23.1 Å². The molecule has 0 aliphatic carbocycles. The van der Waals surface area contributed by atoms with Gasteiger partial charge in [-0.05, 0) is 0 Å². The topological polar surface area (TPSA) is 85.6 Å². The molecule has 82 valence electrons. The third-order valence-electron chi connectivity index (χ3n) is 1.02. The molecule has 0 heterocycles. The van der Waals surface area contributed by atoms with Crippen molar-refractivity contribution in [3.05, 3.63) is 0 Å². The van der Waals surface area contributed by atoms with Crippen LogP contribution < -0.4 is 0 Å². The van der Waals surface area contributed by atoms with Crippen LogP contribution >= 0.6 is 0 Å². The fraction of sp³-hybridized carbons (Fsp3) is 0.600. The average Bonchev–Trinajstić information content (AvgIpc) is 1.79. The molecular formula is C10H20O4Zn+4. The normalized spacial score (nSPS) is 7.73. The maximum atomic E-state index is 8.46. The van der Waals surface area contributed by atoms with Crippen molar-refractivity contribution in [3.8, 4) is 0 Å². The van der Waals surface area contributed by atoms with E-state index in [4.69, 9.17) is 19.2 Å². The van der Waals surface area contributed by atoms with E-state index in [2.05, 4.69) is 0 Å². The molecule has 0 aromatic rings. The fourth-order valence-electron chi connectivity index (χ4n) is 0.740. The standard InChI is InChI=1S/2C5H8O2.Zn/c2*1-4(6)3-5(2)7;/h2*3H2,1-2H3;/p+4. The molecule has 0 aromatic heterocycles. The molecule has 0 saturated carbocycles. The van der Waals surface area contributed by atoms with E-state index >= 15 is 0 Å². The van der Waals surface area contributed by atoms with Gasteiger partial charge in [0.15, 0.2) is 12.8 Å². The molecule has 0 amide bonds. The zero-order valence-electron chi connectivity index (χ0n) is 9.91.